The molecule has 3 rings (SSSR count). The minimum Gasteiger partial charge on any atom is -0.391 e. The first-order valence-corrected chi connectivity index (χ1v) is 6.31. The summed E-state index contributed by atoms with van der Waals surface area (Å²) in [5, 5.41) is 4.73. The van der Waals surface area contributed by atoms with E-state index < -0.39 is 0 Å². The van der Waals surface area contributed by atoms with Gasteiger partial charge < -0.3 is 15.0 Å². The monoisotopic (exact) mass is 251 g/mol. The molecular formula is C11H13N3O2S. The Kier molecular flexibility index (Phi) is 2.60. The van der Waals surface area contributed by atoms with Crippen molar-refractivity contribution in [2.75, 3.05) is 12.8 Å². The number of nitrogens with two attached hydrogens (primary N) is 1. The van der Waals surface area contributed by atoms with Crippen LogP contribution in [0.5, 0.6) is 0 Å². The van der Waals surface area contributed by atoms with Crippen LogP contribution in [0.4, 0.5) is 5.00 Å². The van der Waals surface area contributed by atoms with Gasteiger partial charge in [-0.25, -0.2) is 0 Å². The first-order valence-electron chi connectivity index (χ1n) is 5.50. The molecule has 1 atom stereocenters. The molecule has 1 fully saturated rings. The Morgan fingerprint density at radius 2 is 2.35 bits per heavy atom. The average Bonchev–Trinajstić information content (AvgIpc) is 2.87. The van der Waals surface area contributed by atoms with Crippen molar-refractivity contribution in [2.45, 2.75) is 18.9 Å². The predicted octanol–water partition coefficient (Wildman–Crippen LogP) is 2.48. The molecule has 0 spiro atoms. The highest BCUT2D eigenvalue weighted by Crippen LogP contribution is 2.42. The van der Waals surface area contributed by atoms with Gasteiger partial charge in [0.15, 0.2) is 0 Å². The smallest absolute Gasteiger partial charge is 0.268 e. The minimum atomic E-state index is -0.0372. The van der Waals surface area contributed by atoms with E-state index in [2.05, 4.69) is 10.1 Å². The van der Waals surface area contributed by atoms with Gasteiger partial charge in [0.05, 0.1) is 9.88 Å². The average molecular weight is 251 g/mol. The molecule has 1 saturated carbocycles. The molecule has 2 N–H and O–H groups in total. The third kappa shape index (κ3) is 2.05. The number of nitrogens with zero attached hydrogens (tertiary/aromatic N) is 2. The molecule has 0 bridgehead atoms. The minimum absolute atomic E-state index is 0.0372. The molecule has 2 heterocycles. The summed E-state index contributed by atoms with van der Waals surface area (Å²) in [5.41, 5.74) is 5.67. The van der Waals surface area contributed by atoms with E-state index in [-0.39, 0.29) is 6.10 Å². The molecule has 2 aromatic rings. The number of hydrogen-bond donors (Lipinski definition) is 1. The molecule has 90 valence electrons. The molecule has 5 nitrogen and oxygen atoms in total. The van der Waals surface area contributed by atoms with Gasteiger partial charge in [-0.3, -0.25) is 0 Å². The Balaban J connectivity index is 1.86. The lowest BCUT2D eigenvalue weighted by atomic mass is 10.2. The van der Waals surface area contributed by atoms with Gasteiger partial charge in [-0.15, -0.1) is 11.3 Å². The second-order valence-electron chi connectivity index (χ2n) is 4.15. The van der Waals surface area contributed by atoms with E-state index in [9.17, 15) is 0 Å². The standard InChI is InChI=1S/C11H13N3O2S/c1-15-9(6-2-3-6)10-13-11(16-14-10)7-4-5-8(12)17-7/h4-6,9H,2-3,12H2,1H3. The van der Waals surface area contributed by atoms with Gasteiger partial charge >= 0.3 is 0 Å². The molecule has 0 aliphatic heterocycles. The summed E-state index contributed by atoms with van der Waals surface area (Å²) in [6, 6.07) is 3.72. The van der Waals surface area contributed by atoms with E-state index in [1.165, 1.54) is 24.2 Å². The van der Waals surface area contributed by atoms with Gasteiger partial charge in [-0.05, 0) is 30.9 Å². The fraction of sp³-hybridized carbons (Fsp3) is 0.455. The molecule has 17 heavy (non-hydrogen) atoms. The van der Waals surface area contributed by atoms with Crippen LogP contribution in [-0.4, -0.2) is 17.3 Å². The van der Waals surface area contributed by atoms with Gasteiger partial charge in [0, 0.05) is 7.11 Å². The number of rotatable bonds is 4. The second kappa shape index (κ2) is 4.12. The number of hydrogen-bond acceptors (Lipinski definition) is 6. The second-order valence-corrected chi connectivity index (χ2v) is 5.27. The first kappa shape index (κ1) is 10.7. The lowest BCUT2D eigenvalue weighted by Gasteiger charge is -2.07. The number of methoxy groups -OCH3 is 1. The van der Waals surface area contributed by atoms with Crippen molar-refractivity contribution >= 4 is 16.3 Å². The highest BCUT2D eigenvalue weighted by molar-refractivity contribution is 7.19. The Bertz CT molecular complexity index is 518. The van der Waals surface area contributed by atoms with Crippen LogP contribution in [-0.2, 0) is 4.74 Å². The molecule has 0 aromatic carbocycles. The predicted molar refractivity (Wildman–Crippen MR) is 64.5 cm³/mol. The third-order valence-electron chi connectivity index (χ3n) is 2.84. The SMILES string of the molecule is COC(c1noc(-c2ccc(N)s2)n1)C1CC1. The summed E-state index contributed by atoms with van der Waals surface area (Å²) in [4.78, 5) is 5.27. The van der Waals surface area contributed by atoms with Crippen molar-refractivity contribution in [1.29, 1.82) is 0 Å². The van der Waals surface area contributed by atoms with Crippen LogP contribution in [0.3, 0.4) is 0 Å². The van der Waals surface area contributed by atoms with Gasteiger partial charge in [0.2, 0.25) is 5.82 Å². The maximum absolute atomic E-state index is 5.67. The third-order valence-corrected chi connectivity index (χ3v) is 3.74. The summed E-state index contributed by atoms with van der Waals surface area (Å²) >= 11 is 1.44. The van der Waals surface area contributed by atoms with Crippen LogP contribution in [0.25, 0.3) is 10.8 Å². The number of ether oxygens (including phenoxy) is 1. The fourth-order valence-corrected chi connectivity index (χ4v) is 2.52. The van der Waals surface area contributed by atoms with Gasteiger partial charge in [0.1, 0.15) is 6.10 Å². The zero-order valence-electron chi connectivity index (χ0n) is 9.42. The van der Waals surface area contributed by atoms with Crippen LogP contribution in [0, 0.1) is 5.92 Å². The molecule has 0 radical (unpaired) electrons. The van der Waals surface area contributed by atoms with Crippen LogP contribution in [0.2, 0.25) is 0 Å². The van der Waals surface area contributed by atoms with Crippen molar-refractivity contribution < 1.29 is 9.26 Å². The van der Waals surface area contributed by atoms with E-state index in [1.807, 2.05) is 12.1 Å². The summed E-state index contributed by atoms with van der Waals surface area (Å²) in [5.74, 6) is 1.69. The van der Waals surface area contributed by atoms with Gasteiger partial charge in [-0.2, -0.15) is 4.98 Å². The molecule has 2 aromatic heterocycles. The Morgan fingerprint density at radius 3 is 2.94 bits per heavy atom. The number of nitrogen functional groups attached to an aromatic ring is 1. The lowest BCUT2D eigenvalue weighted by Crippen LogP contribution is -2.05. The molecular weight excluding hydrogens is 238 g/mol. The maximum atomic E-state index is 5.67. The van der Waals surface area contributed by atoms with E-state index in [4.69, 9.17) is 15.0 Å². The van der Waals surface area contributed by atoms with Gasteiger partial charge in [-0.1, -0.05) is 5.16 Å². The van der Waals surface area contributed by atoms with Crippen LogP contribution in [0.1, 0.15) is 24.8 Å². The number of anilines is 1. The molecule has 1 aliphatic rings. The van der Waals surface area contributed by atoms with Crippen molar-refractivity contribution in [2.24, 2.45) is 5.92 Å². The van der Waals surface area contributed by atoms with Crippen LogP contribution >= 0.6 is 11.3 Å². The largest absolute Gasteiger partial charge is 0.391 e. The first-order chi connectivity index (χ1) is 8.28. The van der Waals surface area contributed by atoms with E-state index in [1.54, 1.807) is 7.11 Å². The van der Waals surface area contributed by atoms with Gasteiger partial charge in [0.25, 0.3) is 5.89 Å². The summed E-state index contributed by atoms with van der Waals surface area (Å²) in [7, 11) is 1.68. The Morgan fingerprint density at radius 1 is 1.53 bits per heavy atom. The van der Waals surface area contributed by atoms with Crippen molar-refractivity contribution in [3.63, 3.8) is 0 Å². The summed E-state index contributed by atoms with van der Waals surface area (Å²) < 4.78 is 10.6. The zero-order valence-corrected chi connectivity index (χ0v) is 10.2. The van der Waals surface area contributed by atoms with Crippen molar-refractivity contribution in [1.82, 2.24) is 10.1 Å². The normalized spacial score (nSPS) is 17.2. The Labute approximate surface area is 103 Å². The van der Waals surface area contributed by atoms with Crippen LogP contribution in [0.15, 0.2) is 16.7 Å². The molecule has 0 amide bonds. The van der Waals surface area contributed by atoms with Crippen LogP contribution < -0.4 is 5.73 Å². The Hall–Kier alpha value is -1.40. The number of thiophene rings is 1. The van der Waals surface area contributed by atoms with E-state index in [0.717, 1.165) is 9.88 Å². The zero-order chi connectivity index (χ0) is 11.8. The molecule has 6 heteroatoms. The maximum Gasteiger partial charge on any atom is 0.268 e. The quantitative estimate of drug-likeness (QED) is 0.903. The highest BCUT2D eigenvalue weighted by Gasteiger charge is 2.35. The summed E-state index contributed by atoms with van der Waals surface area (Å²) in [6.45, 7) is 0. The lowest BCUT2D eigenvalue weighted by molar-refractivity contribution is 0.0751. The summed E-state index contributed by atoms with van der Waals surface area (Å²) in [6.07, 6.45) is 2.31. The van der Waals surface area contributed by atoms with E-state index in [0.29, 0.717) is 17.6 Å². The van der Waals surface area contributed by atoms with Crippen molar-refractivity contribution in [3.8, 4) is 10.8 Å². The molecule has 1 unspecified atom stereocenters. The topological polar surface area (TPSA) is 74.2 Å². The van der Waals surface area contributed by atoms with Crippen molar-refractivity contribution in [3.05, 3.63) is 18.0 Å². The van der Waals surface area contributed by atoms with E-state index >= 15 is 0 Å². The molecule has 0 saturated heterocycles. The molecule has 1 aliphatic carbocycles. The highest BCUT2D eigenvalue weighted by atomic mass is 32.1. The fourth-order valence-electron chi connectivity index (χ4n) is 1.83. The number of aromatic nitrogens is 2.